The van der Waals surface area contributed by atoms with Gasteiger partial charge in [0.1, 0.15) is 6.54 Å². The number of carbonyl (C=O) groups excluding carboxylic acids is 1. The van der Waals surface area contributed by atoms with Crippen LogP contribution in [0.5, 0.6) is 0 Å². The second-order valence-electron chi connectivity index (χ2n) is 4.92. The molecule has 0 saturated carbocycles. The zero-order valence-electron chi connectivity index (χ0n) is 12.8. The summed E-state index contributed by atoms with van der Waals surface area (Å²) in [5, 5.41) is 9.05. The van der Waals surface area contributed by atoms with Crippen LogP contribution < -0.4 is 5.69 Å². The molecule has 0 spiro atoms. The van der Waals surface area contributed by atoms with Gasteiger partial charge in [-0.15, -0.1) is 0 Å². The monoisotopic (exact) mass is 295 g/mol. The number of rotatable bonds is 6. The number of hydrogen-bond acceptors (Lipinski definition) is 4. The van der Waals surface area contributed by atoms with E-state index >= 15 is 0 Å². The number of nitrogens with zero attached hydrogens (tertiary/aromatic N) is 3. The van der Waals surface area contributed by atoms with Gasteiger partial charge in [-0.3, -0.25) is 14.2 Å². The number of aromatic nitrogens is 2. The number of carboxylic acid groups (broad SMARTS) is 1. The molecule has 7 nitrogen and oxygen atoms in total. The summed E-state index contributed by atoms with van der Waals surface area (Å²) in [5.41, 5.74) is 1.10. The predicted molar refractivity (Wildman–Crippen MR) is 77.3 cm³/mol. The van der Waals surface area contributed by atoms with E-state index in [1.54, 1.807) is 14.1 Å². The van der Waals surface area contributed by atoms with E-state index in [0.29, 0.717) is 29.8 Å². The number of amides is 1. The van der Waals surface area contributed by atoms with Crippen LogP contribution in [0.25, 0.3) is 0 Å². The van der Waals surface area contributed by atoms with Gasteiger partial charge in [0.15, 0.2) is 0 Å². The molecule has 1 aromatic rings. The molecule has 0 aliphatic carbocycles. The Morgan fingerprint density at radius 1 is 1.24 bits per heavy atom. The first-order chi connectivity index (χ1) is 9.81. The molecule has 0 aliphatic rings. The lowest BCUT2D eigenvalue weighted by Crippen LogP contribution is -2.36. The first-order valence-electron chi connectivity index (χ1n) is 6.85. The van der Waals surface area contributed by atoms with Crippen LogP contribution in [0.1, 0.15) is 30.8 Å². The van der Waals surface area contributed by atoms with Gasteiger partial charge in [0.05, 0.1) is 12.1 Å². The van der Waals surface area contributed by atoms with E-state index < -0.39 is 11.7 Å². The van der Waals surface area contributed by atoms with Gasteiger partial charge in [-0.05, 0) is 12.8 Å². The molecular weight excluding hydrogens is 274 g/mol. The maximum Gasteiger partial charge on any atom is 0.348 e. The minimum Gasteiger partial charge on any atom is -0.481 e. The number of aliphatic carboxylic acids is 1. The topological polar surface area (TPSA) is 92.5 Å². The molecule has 1 amide bonds. The second-order valence-corrected chi connectivity index (χ2v) is 4.92. The summed E-state index contributed by atoms with van der Waals surface area (Å²) < 4.78 is 1.28. The molecule has 0 aromatic carbocycles. The summed E-state index contributed by atoms with van der Waals surface area (Å²) in [7, 11) is 3.20. The van der Waals surface area contributed by atoms with E-state index in [2.05, 4.69) is 4.98 Å². The number of hydrogen-bond donors (Lipinski definition) is 1. The third kappa shape index (κ3) is 3.90. The van der Waals surface area contributed by atoms with Crippen LogP contribution in [0, 0.1) is 0 Å². The fourth-order valence-electron chi connectivity index (χ4n) is 2.18. The van der Waals surface area contributed by atoms with Gasteiger partial charge in [0.2, 0.25) is 5.91 Å². The Morgan fingerprint density at radius 3 is 2.29 bits per heavy atom. The molecule has 21 heavy (non-hydrogen) atoms. The van der Waals surface area contributed by atoms with E-state index in [1.807, 2.05) is 13.8 Å². The molecule has 0 radical (unpaired) electrons. The maximum absolute atomic E-state index is 12.1. The van der Waals surface area contributed by atoms with Crippen LogP contribution in [-0.2, 0) is 35.4 Å². The Bertz CT molecular complexity index is 605. The maximum atomic E-state index is 12.1. The summed E-state index contributed by atoms with van der Waals surface area (Å²) in [6, 6.07) is 0. The summed E-state index contributed by atoms with van der Waals surface area (Å²) in [6.45, 7) is 3.52. The van der Waals surface area contributed by atoms with Crippen molar-refractivity contribution in [2.45, 2.75) is 39.7 Å². The smallest absolute Gasteiger partial charge is 0.348 e. The van der Waals surface area contributed by atoms with Crippen LogP contribution in [0.3, 0.4) is 0 Å². The van der Waals surface area contributed by atoms with Crippen molar-refractivity contribution in [2.24, 2.45) is 0 Å². The van der Waals surface area contributed by atoms with Crippen molar-refractivity contribution in [3.05, 3.63) is 27.4 Å². The number of carboxylic acids is 1. The van der Waals surface area contributed by atoms with Crippen molar-refractivity contribution in [1.82, 2.24) is 14.5 Å². The van der Waals surface area contributed by atoms with Gasteiger partial charge < -0.3 is 10.0 Å². The first kappa shape index (κ1) is 16.9. The van der Waals surface area contributed by atoms with Gasteiger partial charge in [0, 0.05) is 25.4 Å². The molecule has 0 fully saturated rings. The molecule has 1 N–H and O–H groups in total. The van der Waals surface area contributed by atoms with Gasteiger partial charge in [-0.2, -0.15) is 4.98 Å². The van der Waals surface area contributed by atoms with Gasteiger partial charge >= 0.3 is 11.7 Å². The Morgan fingerprint density at radius 2 is 1.86 bits per heavy atom. The Balaban J connectivity index is 3.46. The van der Waals surface area contributed by atoms with Crippen LogP contribution in [-0.4, -0.2) is 45.5 Å². The van der Waals surface area contributed by atoms with Gasteiger partial charge in [0.25, 0.3) is 0 Å². The third-order valence-corrected chi connectivity index (χ3v) is 3.27. The summed E-state index contributed by atoms with van der Waals surface area (Å²) >= 11 is 0. The summed E-state index contributed by atoms with van der Waals surface area (Å²) in [4.78, 5) is 40.3. The molecule has 1 rings (SSSR count). The van der Waals surface area contributed by atoms with Gasteiger partial charge in [-0.25, -0.2) is 4.79 Å². The summed E-state index contributed by atoms with van der Waals surface area (Å²) in [5.74, 6) is -1.22. The quantitative estimate of drug-likeness (QED) is 0.802. The van der Waals surface area contributed by atoms with E-state index in [9.17, 15) is 14.4 Å². The van der Waals surface area contributed by atoms with E-state index in [-0.39, 0.29) is 18.9 Å². The number of likely N-dealkylation sites (N-methyl/N-ethyl adjacent to an activating group) is 1. The van der Waals surface area contributed by atoms with Crippen LogP contribution in [0.15, 0.2) is 4.79 Å². The standard InChI is InChI=1S/C14H21N3O4/c1-5-10-9(7-13(19)20)11(6-2)17(14(21)15-10)8-12(18)16(3)4/h5-8H2,1-4H3,(H,19,20). The lowest BCUT2D eigenvalue weighted by Gasteiger charge is -2.18. The SMILES string of the molecule is CCc1nc(=O)n(CC(=O)N(C)C)c(CC)c1CC(=O)O. The Labute approximate surface area is 123 Å². The molecule has 1 aromatic heterocycles. The second kappa shape index (κ2) is 7.01. The molecule has 0 atom stereocenters. The van der Waals surface area contributed by atoms with Crippen molar-refractivity contribution in [1.29, 1.82) is 0 Å². The molecule has 0 aliphatic heterocycles. The highest BCUT2D eigenvalue weighted by molar-refractivity contribution is 5.75. The van der Waals surface area contributed by atoms with Gasteiger partial charge in [-0.1, -0.05) is 13.8 Å². The average Bonchev–Trinajstić information content (AvgIpc) is 2.41. The number of aryl methyl sites for hydroxylation is 1. The number of carbonyl (C=O) groups is 2. The van der Waals surface area contributed by atoms with Crippen LogP contribution in [0.4, 0.5) is 0 Å². The van der Waals surface area contributed by atoms with E-state index in [0.717, 1.165) is 0 Å². The third-order valence-electron chi connectivity index (χ3n) is 3.27. The summed E-state index contributed by atoms with van der Waals surface area (Å²) in [6.07, 6.45) is 0.747. The Kier molecular flexibility index (Phi) is 5.63. The highest BCUT2D eigenvalue weighted by Gasteiger charge is 2.19. The fourth-order valence-corrected chi connectivity index (χ4v) is 2.18. The average molecular weight is 295 g/mol. The largest absolute Gasteiger partial charge is 0.481 e. The van der Waals surface area contributed by atoms with Crippen molar-refractivity contribution in [2.75, 3.05) is 14.1 Å². The van der Waals surface area contributed by atoms with Crippen molar-refractivity contribution >= 4 is 11.9 Å². The zero-order valence-corrected chi connectivity index (χ0v) is 12.8. The predicted octanol–water partition coefficient (Wildman–Crippen LogP) is 0.0834. The molecule has 7 heteroatoms. The lowest BCUT2D eigenvalue weighted by molar-refractivity contribution is -0.136. The molecule has 0 unspecified atom stereocenters. The van der Waals surface area contributed by atoms with E-state index in [1.165, 1.54) is 9.47 Å². The fraction of sp³-hybridized carbons (Fsp3) is 0.571. The van der Waals surface area contributed by atoms with Crippen molar-refractivity contribution in [3.63, 3.8) is 0 Å². The van der Waals surface area contributed by atoms with Crippen LogP contribution in [0.2, 0.25) is 0 Å². The molecule has 116 valence electrons. The van der Waals surface area contributed by atoms with Crippen molar-refractivity contribution < 1.29 is 14.7 Å². The Hall–Kier alpha value is -2.18. The first-order valence-corrected chi connectivity index (χ1v) is 6.85. The normalized spacial score (nSPS) is 10.5. The van der Waals surface area contributed by atoms with Crippen LogP contribution >= 0.6 is 0 Å². The van der Waals surface area contributed by atoms with Crippen molar-refractivity contribution in [3.8, 4) is 0 Å². The molecule has 0 saturated heterocycles. The highest BCUT2D eigenvalue weighted by atomic mass is 16.4. The lowest BCUT2D eigenvalue weighted by atomic mass is 10.0. The molecule has 0 bridgehead atoms. The van der Waals surface area contributed by atoms with E-state index in [4.69, 9.17) is 5.11 Å². The molecule has 1 heterocycles. The minimum absolute atomic E-state index is 0.126. The minimum atomic E-state index is -0.981. The zero-order chi connectivity index (χ0) is 16.2. The molecular formula is C14H21N3O4. The highest BCUT2D eigenvalue weighted by Crippen LogP contribution is 2.14.